The Hall–Kier alpha value is -1.98. The summed E-state index contributed by atoms with van der Waals surface area (Å²) in [4.78, 5) is 13.6. The highest BCUT2D eigenvalue weighted by atomic mass is 16.3. The largest absolute Gasteiger partial charge is 0.508 e. The van der Waals surface area contributed by atoms with Crippen molar-refractivity contribution in [3.8, 4) is 17.0 Å². The van der Waals surface area contributed by atoms with Gasteiger partial charge < -0.3 is 5.11 Å². The molecule has 2 fully saturated rings. The number of nitrogens with zero attached hydrogens (tertiary/aromatic N) is 4. The zero-order valence-electron chi connectivity index (χ0n) is 15.3. The standard InChI is InChI=1S/C21H28N4O/c26-21-7-6-17(20-15-22-8-9-23-20)14-18(21)16-24-10-12-25(13-11-24)19-4-2-1-3-5-19/h6-9,14-15,19,26H,1-5,10-13,16H2. The predicted molar refractivity (Wildman–Crippen MR) is 103 cm³/mol. The Bertz CT molecular complexity index is 707. The lowest BCUT2D eigenvalue weighted by Crippen LogP contribution is -2.50. The molecule has 2 aliphatic rings. The van der Waals surface area contributed by atoms with Crippen molar-refractivity contribution in [2.45, 2.75) is 44.7 Å². The second-order valence-corrected chi connectivity index (χ2v) is 7.54. The van der Waals surface area contributed by atoms with Crippen molar-refractivity contribution in [3.05, 3.63) is 42.4 Å². The number of aromatic hydroxyl groups is 1. The van der Waals surface area contributed by atoms with Gasteiger partial charge in [0.1, 0.15) is 5.75 Å². The molecule has 5 nitrogen and oxygen atoms in total. The Balaban J connectivity index is 1.39. The molecule has 1 saturated carbocycles. The van der Waals surface area contributed by atoms with Gasteiger partial charge >= 0.3 is 0 Å². The number of hydrogen-bond acceptors (Lipinski definition) is 5. The summed E-state index contributed by atoms with van der Waals surface area (Å²) >= 11 is 0. The summed E-state index contributed by atoms with van der Waals surface area (Å²) < 4.78 is 0. The van der Waals surface area contributed by atoms with E-state index in [0.29, 0.717) is 5.75 Å². The Morgan fingerprint density at radius 3 is 2.54 bits per heavy atom. The summed E-state index contributed by atoms with van der Waals surface area (Å²) in [6, 6.07) is 6.54. The molecule has 0 unspecified atom stereocenters. The summed E-state index contributed by atoms with van der Waals surface area (Å²) in [6.45, 7) is 5.24. The molecule has 2 heterocycles. The zero-order valence-corrected chi connectivity index (χ0v) is 15.3. The van der Waals surface area contributed by atoms with Crippen LogP contribution in [0.1, 0.15) is 37.7 Å². The Kier molecular flexibility index (Phi) is 5.46. The van der Waals surface area contributed by atoms with Gasteiger partial charge in [0, 0.05) is 62.3 Å². The van der Waals surface area contributed by atoms with E-state index in [0.717, 1.165) is 55.6 Å². The van der Waals surface area contributed by atoms with Crippen LogP contribution in [0.15, 0.2) is 36.8 Å². The van der Waals surface area contributed by atoms with Gasteiger partial charge in [0.05, 0.1) is 11.9 Å². The molecule has 4 rings (SSSR count). The molecule has 1 aliphatic heterocycles. The number of phenolic OH excluding ortho intramolecular Hbond substituents is 1. The molecule has 1 aromatic heterocycles. The number of aromatic nitrogens is 2. The first-order valence-corrected chi connectivity index (χ1v) is 9.84. The maximum Gasteiger partial charge on any atom is 0.120 e. The molecule has 0 bridgehead atoms. The lowest BCUT2D eigenvalue weighted by Gasteiger charge is -2.40. The van der Waals surface area contributed by atoms with Crippen molar-refractivity contribution in [2.24, 2.45) is 0 Å². The van der Waals surface area contributed by atoms with Crippen LogP contribution in [0.4, 0.5) is 0 Å². The third-order valence-corrected chi connectivity index (χ3v) is 5.83. The average Bonchev–Trinajstić information content (AvgIpc) is 2.71. The molecule has 1 aromatic carbocycles. The van der Waals surface area contributed by atoms with Crippen molar-refractivity contribution in [1.29, 1.82) is 0 Å². The minimum atomic E-state index is 0.368. The second kappa shape index (κ2) is 8.14. The average molecular weight is 352 g/mol. The number of benzene rings is 1. The Morgan fingerprint density at radius 1 is 1.00 bits per heavy atom. The highest BCUT2D eigenvalue weighted by molar-refractivity contribution is 5.60. The van der Waals surface area contributed by atoms with Gasteiger partial charge in [0.25, 0.3) is 0 Å². The highest BCUT2D eigenvalue weighted by Crippen LogP contribution is 2.27. The Labute approximate surface area is 155 Å². The fourth-order valence-corrected chi connectivity index (χ4v) is 4.29. The number of hydrogen-bond donors (Lipinski definition) is 1. The number of rotatable bonds is 4. The summed E-state index contributed by atoms with van der Waals surface area (Å²) in [5.41, 5.74) is 2.82. The summed E-state index contributed by atoms with van der Waals surface area (Å²) in [5, 5.41) is 10.3. The zero-order chi connectivity index (χ0) is 17.8. The predicted octanol–water partition coefficient (Wildman–Crippen LogP) is 3.30. The number of piperazine rings is 1. The van der Waals surface area contributed by atoms with E-state index in [1.165, 1.54) is 32.1 Å². The van der Waals surface area contributed by atoms with Gasteiger partial charge in [0.15, 0.2) is 0 Å². The van der Waals surface area contributed by atoms with Crippen LogP contribution in [0.3, 0.4) is 0 Å². The first-order valence-electron chi connectivity index (χ1n) is 9.84. The van der Waals surface area contributed by atoms with Gasteiger partial charge in [-0.2, -0.15) is 0 Å². The first-order chi connectivity index (χ1) is 12.8. The molecular weight excluding hydrogens is 324 g/mol. The van der Waals surface area contributed by atoms with Crippen LogP contribution in [0.25, 0.3) is 11.3 Å². The van der Waals surface area contributed by atoms with Crippen molar-refractivity contribution in [2.75, 3.05) is 26.2 Å². The summed E-state index contributed by atoms with van der Waals surface area (Å²) in [7, 11) is 0. The lowest BCUT2D eigenvalue weighted by atomic mass is 9.94. The molecule has 26 heavy (non-hydrogen) atoms. The first kappa shape index (κ1) is 17.4. The fraction of sp³-hybridized carbons (Fsp3) is 0.524. The van der Waals surface area contributed by atoms with E-state index < -0.39 is 0 Å². The van der Waals surface area contributed by atoms with E-state index in [9.17, 15) is 5.11 Å². The van der Waals surface area contributed by atoms with Crippen molar-refractivity contribution in [3.63, 3.8) is 0 Å². The molecule has 0 atom stereocenters. The topological polar surface area (TPSA) is 52.5 Å². The van der Waals surface area contributed by atoms with Crippen molar-refractivity contribution < 1.29 is 5.11 Å². The molecule has 0 radical (unpaired) electrons. The SMILES string of the molecule is Oc1ccc(-c2cnccn2)cc1CN1CCN(C2CCCCC2)CC1. The van der Waals surface area contributed by atoms with E-state index in [1.54, 1.807) is 24.7 Å². The normalized spacial score (nSPS) is 20.3. The quantitative estimate of drug-likeness (QED) is 0.915. The van der Waals surface area contributed by atoms with E-state index in [2.05, 4.69) is 19.8 Å². The maximum absolute atomic E-state index is 10.3. The maximum atomic E-state index is 10.3. The van der Waals surface area contributed by atoms with E-state index in [4.69, 9.17) is 0 Å². The molecule has 1 N–H and O–H groups in total. The monoisotopic (exact) mass is 352 g/mol. The fourth-order valence-electron chi connectivity index (χ4n) is 4.29. The summed E-state index contributed by atoms with van der Waals surface area (Å²) in [6.07, 6.45) is 12.1. The third-order valence-electron chi connectivity index (χ3n) is 5.83. The molecule has 1 aliphatic carbocycles. The second-order valence-electron chi connectivity index (χ2n) is 7.54. The van der Waals surface area contributed by atoms with Gasteiger partial charge in [-0.15, -0.1) is 0 Å². The lowest BCUT2D eigenvalue weighted by molar-refractivity contribution is 0.0751. The number of phenols is 1. The van der Waals surface area contributed by atoms with E-state index in [-0.39, 0.29) is 0 Å². The van der Waals surface area contributed by atoms with Crippen LogP contribution in [0.5, 0.6) is 5.75 Å². The molecule has 5 heteroatoms. The molecule has 1 saturated heterocycles. The molecule has 0 spiro atoms. The van der Waals surface area contributed by atoms with E-state index >= 15 is 0 Å². The minimum Gasteiger partial charge on any atom is -0.508 e. The van der Waals surface area contributed by atoms with Gasteiger partial charge in [-0.1, -0.05) is 19.3 Å². The van der Waals surface area contributed by atoms with Crippen LogP contribution < -0.4 is 0 Å². The van der Waals surface area contributed by atoms with Crippen LogP contribution >= 0.6 is 0 Å². The van der Waals surface area contributed by atoms with Crippen LogP contribution in [0, 0.1) is 0 Å². The van der Waals surface area contributed by atoms with Crippen LogP contribution in [-0.2, 0) is 6.54 Å². The van der Waals surface area contributed by atoms with Gasteiger partial charge in [-0.3, -0.25) is 19.8 Å². The van der Waals surface area contributed by atoms with Gasteiger partial charge in [-0.25, -0.2) is 0 Å². The summed E-state index contributed by atoms with van der Waals surface area (Å²) in [5.74, 6) is 0.368. The van der Waals surface area contributed by atoms with E-state index in [1.807, 2.05) is 12.1 Å². The third kappa shape index (κ3) is 4.05. The molecule has 0 amide bonds. The minimum absolute atomic E-state index is 0.368. The smallest absolute Gasteiger partial charge is 0.120 e. The Morgan fingerprint density at radius 2 is 1.81 bits per heavy atom. The van der Waals surface area contributed by atoms with Crippen molar-refractivity contribution >= 4 is 0 Å². The highest BCUT2D eigenvalue weighted by Gasteiger charge is 2.25. The van der Waals surface area contributed by atoms with Gasteiger partial charge in [0.2, 0.25) is 0 Å². The van der Waals surface area contributed by atoms with Gasteiger partial charge in [-0.05, 0) is 31.0 Å². The molecule has 2 aromatic rings. The van der Waals surface area contributed by atoms with Crippen LogP contribution in [-0.4, -0.2) is 57.1 Å². The molecular formula is C21H28N4O. The van der Waals surface area contributed by atoms with Crippen LogP contribution in [0.2, 0.25) is 0 Å². The van der Waals surface area contributed by atoms with Crippen molar-refractivity contribution in [1.82, 2.24) is 19.8 Å². The molecule has 138 valence electrons.